The summed E-state index contributed by atoms with van der Waals surface area (Å²) < 4.78 is 14.1. The molecular weight excluding hydrogens is 587 g/mol. The number of aromatic nitrogens is 1. The number of aliphatic hydroxyl groups is 2. The number of pyridine rings is 1. The number of urea groups is 1. The van der Waals surface area contributed by atoms with Crippen LogP contribution in [0.3, 0.4) is 0 Å². The Bertz CT molecular complexity index is 1550. The van der Waals surface area contributed by atoms with Crippen molar-refractivity contribution in [2.75, 3.05) is 32.5 Å². The quantitative estimate of drug-likeness (QED) is 0.150. The third-order valence-electron chi connectivity index (χ3n) is 8.01. The van der Waals surface area contributed by atoms with Crippen molar-refractivity contribution in [1.82, 2.24) is 15.2 Å². The second-order valence-electron chi connectivity index (χ2n) is 12.5. The van der Waals surface area contributed by atoms with Crippen LogP contribution in [0, 0.1) is 5.82 Å². The first-order chi connectivity index (χ1) is 21.9. The van der Waals surface area contributed by atoms with E-state index in [2.05, 4.69) is 15.5 Å². The molecule has 0 bridgehead atoms. The molecule has 5 N–H and O–H groups in total. The Balaban J connectivity index is 1.75. The van der Waals surface area contributed by atoms with Crippen molar-refractivity contribution in [2.24, 2.45) is 0 Å². The van der Waals surface area contributed by atoms with E-state index in [0.717, 1.165) is 70.6 Å². The van der Waals surface area contributed by atoms with Gasteiger partial charge < -0.3 is 30.9 Å². The maximum atomic E-state index is 14.1. The van der Waals surface area contributed by atoms with Crippen molar-refractivity contribution >= 4 is 23.8 Å². The number of anilines is 1. The van der Waals surface area contributed by atoms with Gasteiger partial charge in [0.05, 0.1) is 30.0 Å². The van der Waals surface area contributed by atoms with Crippen molar-refractivity contribution in [3.05, 3.63) is 76.7 Å². The molecule has 0 unspecified atom stereocenters. The Kier molecular flexibility index (Phi) is 12.0. The summed E-state index contributed by atoms with van der Waals surface area (Å²) in [4.78, 5) is 30.8. The maximum Gasteiger partial charge on any atom is 0.319 e. The molecule has 0 aliphatic heterocycles. The van der Waals surface area contributed by atoms with Gasteiger partial charge >= 0.3 is 12.0 Å². The van der Waals surface area contributed by atoms with Gasteiger partial charge in [-0.05, 0) is 98.8 Å². The summed E-state index contributed by atoms with van der Waals surface area (Å²) in [5, 5.41) is 35.6. The molecule has 2 aromatic carbocycles. The molecule has 1 aromatic heterocycles. The number of aliphatic hydroxyl groups excluding tert-OH is 2. The molecule has 0 saturated heterocycles. The number of carboxylic acid groups (broad SMARTS) is 1. The lowest BCUT2D eigenvalue weighted by Gasteiger charge is -2.22. The number of hydrogen-bond acceptors (Lipinski definition) is 6. The van der Waals surface area contributed by atoms with Gasteiger partial charge in [0.2, 0.25) is 0 Å². The molecule has 3 aromatic rings. The van der Waals surface area contributed by atoms with E-state index in [-0.39, 0.29) is 24.2 Å². The van der Waals surface area contributed by atoms with Crippen LogP contribution in [0.25, 0.3) is 28.5 Å². The fourth-order valence-corrected chi connectivity index (χ4v) is 5.87. The second-order valence-corrected chi connectivity index (χ2v) is 12.5. The summed E-state index contributed by atoms with van der Waals surface area (Å²) in [5.74, 6) is -1.50. The largest absolute Gasteiger partial charge is 0.481 e. The topological polar surface area (TPSA) is 135 Å². The lowest BCUT2D eigenvalue weighted by molar-refractivity contribution is -0.139. The summed E-state index contributed by atoms with van der Waals surface area (Å²) in [6, 6.07) is 12.0. The number of hydrogen-bond donors (Lipinski definition) is 5. The molecule has 1 aliphatic carbocycles. The summed E-state index contributed by atoms with van der Waals surface area (Å²) >= 11 is 0. The highest BCUT2D eigenvalue weighted by Gasteiger charge is 2.26. The zero-order valence-corrected chi connectivity index (χ0v) is 27.0. The summed E-state index contributed by atoms with van der Waals surface area (Å²) in [6.07, 6.45) is 3.66. The normalized spacial score (nSPS) is 14.1. The lowest BCUT2D eigenvalue weighted by Crippen LogP contribution is -2.31. The molecule has 2 atom stereocenters. The Labute approximate surface area is 270 Å². The molecule has 46 heavy (non-hydrogen) atoms. The highest BCUT2D eigenvalue weighted by atomic mass is 19.1. The van der Waals surface area contributed by atoms with Crippen LogP contribution in [0.1, 0.15) is 67.8 Å². The summed E-state index contributed by atoms with van der Waals surface area (Å²) in [5.41, 5.74) is 7.89. The van der Waals surface area contributed by atoms with Gasteiger partial charge in [-0.25, -0.2) is 9.18 Å². The van der Waals surface area contributed by atoms with Crippen molar-refractivity contribution in [3.63, 3.8) is 0 Å². The standard InChI is InChI=1S/C36H45FN4O5/c1-22(2)34-31(16-14-27(42)20-28(43)21-32(44)45)33(23-9-11-25(37)12-10-23)30-8-5-7-24-19-26(13-15-29(24)35(30)40-34)39-36(46)38-17-6-18-41(3)4/h9-16,19,22,27-28,42-43H,5-8,17-18,20-21H2,1-4H3,(H,44,45)(H2,38,39,46)/t27-,28-/m1/s1. The zero-order chi connectivity index (χ0) is 33.4. The van der Waals surface area contributed by atoms with Crippen LogP contribution >= 0.6 is 0 Å². The van der Waals surface area contributed by atoms with Crippen LogP contribution in [0.2, 0.25) is 0 Å². The molecule has 10 heteroatoms. The SMILES string of the molecule is CC(C)c1nc2c(c(-c3ccc(F)cc3)c1C=C[C@@H](O)C[C@@H](O)CC(=O)O)CCCc1cc(NC(=O)NCCCN(C)C)ccc1-2. The number of halogens is 1. The van der Waals surface area contributed by atoms with E-state index in [0.29, 0.717) is 18.7 Å². The van der Waals surface area contributed by atoms with E-state index >= 15 is 0 Å². The highest BCUT2D eigenvalue weighted by Crippen LogP contribution is 2.42. The summed E-state index contributed by atoms with van der Waals surface area (Å²) in [6.45, 7) is 5.54. The van der Waals surface area contributed by atoms with E-state index < -0.39 is 24.6 Å². The smallest absolute Gasteiger partial charge is 0.319 e. The first kappa shape index (κ1) is 34.7. The van der Waals surface area contributed by atoms with Gasteiger partial charge in [-0.2, -0.15) is 0 Å². The molecule has 1 heterocycles. The third kappa shape index (κ3) is 9.22. The van der Waals surface area contributed by atoms with Crippen LogP contribution in [0.5, 0.6) is 0 Å². The average molecular weight is 633 g/mol. The monoisotopic (exact) mass is 632 g/mol. The number of benzene rings is 2. The van der Waals surface area contributed by atoms with Gasteiger partial charge in [0, 0.05) is 29.8 Å². The Morgan fingerprint density at radius 1 is 1.09 bits per heavy atom. The molecule has 9 nitrogen and oxygen atoms in total. The number of amides is 2. The second kappa shape index (κ2) is 15.9. The Hall–Kier alpha value is -4.12. The van der Waals surface area contributed by atoms with Crippen molar-refractivity contribution < 1.29 is 29.3 Å². The Morgan fingerprint density at radius 3 is 2.50 bits per heavy atom. The number of nitrogens with zero attached hydrogens (tertiary/aromatic N) is 2. The maximum absolute atomic E-state index is 14.1. The molecular formula is C36H45FN4O5. The summed E-state index contributed by atoms with van der Waals surface area (Å²) in [7, 11) is 3.99. The van der Waals surface area contributed by atoms with Crippen molar-refractivity contribution in [1.29, 1.82) is 0 Å². The van der Waals surface area contributed by atoms with Gasteiger partial charge in [0.15, 0.2) is 0 Å². The minimum atomic E-state index is -1.19. The predicted octanol–water partition coefficient (Wildman–Crippen LogP) is 5.84. The van der Waals surface area contributed by atoms with E-state index in [1.807, 2.05) is 46.1 Å². The molecule has 0 fully saturated rings. The van der Waals surface area contributed by atoms with Crippen LogP contribution in [-0.2, 0) is 17.6 Å². The first-order valence-electron chi connectivity index (χ1n) is 15.8. The molecule has 4 rings (SSSR count). The number of rotatable bonds is 13. The average Bonchev–Trinajstić information content (AvgIpc) is 3.16. The zero-order valence-electron chi connectivity index (χ0n) is 27.0. The number of aliphatic carboxylic acids is 1. The number of carboxylic acids is 1. The fraction of sp³-hybridized carbons (Fsp3) is 0.417. The van der Waals surface area contributed by atoms with Crippen LogP contribution < -0.4 is 10.6 Å². The molecule has 1 aliphatic rings. The van der Waals surface area contributed by atoms with E-state index in [1.54, 1.807) is 24.3 Å². The number of carbonyl (C=O) groups is 2. The lowest BCUT2D eigenvalue weighted by atomic mass is 9.86. The number of aryl methyl sites for hydroxylation is 1. The number of carbonyl (C=O) groups excluding carboxylic acids is 1. The van der Waals surface area contributed by atoms with Gasteiger partial charge in [-0.1, -0.05) is 44.2 Å². The molecule has 0 radical (unpaired) electrons. The van der Waals surface area contributed by atoms with Crippen molar-refractivity contribution in [3.8, 4) is 22.4 Å². The van der Waals surface area contributed by atoms with Crippen LogP contribution in [0.4, 0.5) is 14.9 Å². The molecule has 246 valence electrons. The minimum Gasteiger partial charge on any atom is -0.481 e. The van der Waals surface area contributed by atoms with E-state index in [1.165, 1.54) is 12.1 Å². The van der Waals surface area contributed by atoms with Gasteiger partial charge in [-0.3, -0.25) is 9.78 Å². The molecule has 2 amide bonds. The minimum absolute atomic E-state index is 0.0114. The fourth-order valence-electron chi connectivity index (χ4n) is 5.87. The van der Waals surface area contributed by atoms with Crippen LogP contribution in [0.15, 0.2) is 48.5 Å². The van der Waals surface area contributed by atoms with E-state index in [4.69, 9.17) is 10.1 Å². The number of fused-ring (bicyclic) bond motifs is 3. The van der Waals surface area contributed by atoms with E-state index in [9.17, 15) is 24.2 Å². The van der Waals surface area contributed by atoms with Gasteiger partial charge in [0.1, 0.15) is 5.82 Å². The first-order valence-corrected chi connectivity index (χ1v) is 15.8. The molecule has 0 saturated carbocycles. The third-order valence-corrected chi connectivity index (χ3v) is 8.01. The molecule has 0 spiro atoms. The highest BCUT2D eigenvalue weighted by molar-refractivity contribution is 5.91. The van der Waals surface area contributed by atoms with Gasteiger partial charge in [0.25, 0.3) is 0 Å². The predicted molar refractivity (Wildman–Crippen MR) is 179 cm³/mol. The van der Waals surface area contributed by atoms with Crippen LogP contribution in [-0.4, -0.2) is 76.6 Å². The Morgan fingerprint density at radius 2 is 1.83 bits per heavy atom. The number of nitrogens with one attached hydrogen (secondary N) is 2. The van der Waals surface area contributed by atoms with Crippen molar-refractivity contribution in [2.45, 2.75) is 70.5 Å². The van der Waals surface area contributed by atoms with Gasteiger partial charge in [-0.15, -0.1) is 0 Å².